The first kappa shape index (κ1) is 18.2. The standard InChI is InChI=1S/C15H26N2O3.ClH/c1-2-20-15(19)13-4-3-9-17(11-13)14(18)6-5-12-7-8-16-10-12;/h12-13,16H,2-11H2,1H3;1H. The lowest BCUT2D eigenvalue weighted by Crippen LogP contribution is -2.42. The van der Waals surface area contributed by atoms with E-state index in [4.69, 9.17) is 4.74 Å². The molecule has 2 fully saturated rings. The molecule has 0 radical (unpaired) electrons. The number of carbonyl (C=O) groups is 2. The van der Waals surface area contributed by atoms with E-state index in [-0.39, 0.29) is 30.2 Å². The zero-order chi connectivity index (χ0) is 14.4. The van der Waals surface area contributed by atoms with E-state index in [1.54, 1.807) is 0 Å². The van der Waals surface area contributed by atoms with Gasteiger partial charge < -0.3 is 15.0 Å². The van der Waals surface area contributed by atoms with Crippen LogP contribution < -0.4 is 5.32 Å². The Morgan fingerprint density at radius 3 is 2.81 bits per heavy atom. The van der Waals surface area contributed by atoms with Crippen molar-refractivity contribution in [2.75, 3.05) is 32.8 Å². The van der Waals surface area contributed by atoms with E-state index in [1.807, 2.05) is 11.8 Å². The highest BCUT2D eigenvalue weighted by Crippen LogP contribution is 2.20. The molecule has 0 aromatic heterocycles. The molecule has 0 saturated carbocycles. The van der Waals surface area contributed by atoms with Gasteiger partial charge in [0, 0.05) is 19.5 Å². The molecule has 0 aromatic rings. The maximum Gasteiger partial charge on any atom is 0.310 e. The molecule has 2 aliphatic rings. The van der Waals surface area contributed by atoms with Crippen molar-refractivity contribution < 1.29 is 14.3 Å². The summed E-state index contributed by atoms with van der Waals surface area (Å²) >= 11 is 0. The van der Waals surface area contributed by atoms with E-state index in [0.29, 0.717) is 25.5 Å². The predicted molar refractivity (Wildman–Crippen MR) is 83.4 cm³/mol. The fourth-order valence-electron chi connectivity index (χ4n) is 3.10. The Hall–Kier alpha value is -0.810. The third-order valence-corrected chi connectivity index (χ3v) is 4.32. The number of likely N-dealkylation sites (tertiary alicyclic amines) is 1. The Bertz CT molecular complexity index is 346. The summed E-state index contributed by atoms with van der Waals surface area (Å²) in [5, 5.41) is 3.33. The summed E-state index contributed by atoms with van der Waals surface area (Å²) in [5.74, 6) is 0.571. The van der Waals surface area contributed by atoms with Gasteiger partial charge in [0.2, 0.25) is 5.91 Å². The van der Waals surface area contributed by atoms with Crippen molar-refractivity contribution >= 4 is 24.3 Å². The number of hydrogen-bond acceptors (Lipinski definition) is 4. The summed E-state index contributed by atoms with van der Waals surface area (Å²) in [7, 11) is 0. The minimum atomic E-state index is -0.148. The molecule has 6 heteroatoms. The molecule has 21 heavy (non-hydrogen) atoms. The number of hydrogen-bond donors (Lipinski definition) is 1. The van der Waals surface area contributed by atoms with E-state index in [2.05, 4.69) is 5.32 Å². The molecule has 1 N–H and O–H groups in total. The molecule has 2 aliphatic heterocycles. The molecule has 2 saturated heterocycles. The molecule has 122 valence electrons. The lowest BCUT2D eigenvalue weighted by atomic mass is 9.97. The highest BCUT2D eigenvalue weighted by molar-refractivity contribution is 5.85. The molecule has 0 spiro atoms. The highest BCUT2D eigenvalue weighted by atomic mass is 35.5. The molecule has 2 heterocycles. The van der Waals surface area contributed by atoms with Crippen LogP contribution in [0.25, 0.3) is 0 Å². The topological polar surface area (TPSA) is 58.6 Å². The minimum Gasteiger partial charge on any atom is -0.466 e. The normalized spacial score (nSPS) is 25.3. The molecule has 0 bridgehead atoms. The van der Waals surface area contributed by atoms with Gasteiger partial charge in [0.05, 0.1) is 12.5 Å². The molecule has 1 amide bonds. The Morgan fingerprint density at radius 2 is 2.14 bits per heavy atom. The van der Waals surface area contributed by atoms with E-state index in [9.17, 15) is 9.59 Å². The lowest BCUT2D eigenvalue weighted by Gasteiger charge is -2.31. The van der Waals surface area contributed by atoms with E-state index in [1.165, 1.54) is 6.42 Å². The Kier molecular flexibility index (Phi) is 8.04. The van der Waals surface area contributed by atoms with Gasteiger partial charge in [0.25, 0.3) is 0 Å². The first-order valence-electron chi connectivity index (χ1n) is 7.85. The number of amides is 1. The van der Waals surface area contributed by atoms with Crippen LogP contribution in [0.3, 0.4) is 0 Å². The summed E-state index contributed by atoms with van der Waals surface area (Å²) in [4.78, 5) is 25.9. The van der Waals surface area contributed by atoms with Crippen LogP contribution in [0.1, 0.15) is 39.0 Å². The van der Waals surface area contributed by atoms with Gasteiger partial charge in [-0.15, -0.1) is 12.4 Å². The van der Waals surface area contributed by atoms with Gasteiger partial charge in [0.15, 0.2) is 0 Å². The summed E-state index contributed by atoms with van der Waals surface area (Å²) in [5.41, 5.74) is 0. The summed E-state index contributed by atoms with van der Waals surface area (Å²) < 4.78 is 5.07. The SMILES string of the molecule is CCOC(=O)C1CCCN(C(=O)CCC2CCNC2)C1.Cl. The number of ether oxygens (including phenoxy) is 1. The van der Waals surface area contributed by atoms with Crippen molar-refractivity contribution in [2.45, 2.75) is 39.0 Å². The summed E-state index contributed by atoms with van der Waals surface area (Å²) in [6.07, 6.45) is 4.50. The van der Waals surface area contributed by atoms with Gasteiger partial charge in [-0.2, -0.15) is 0 Å². The Labute approximate surface area is 133 Å². The second kappa shape index (κ2) is 9.26. The predicted octanol–water partition coefficient (Wildman–Crippen LogP) is 1.60. The molecule has 2 atom stereocenters. The maximum atomic E-state index is 12.2. The third-order valence-electron chi connectivity index (χ3n) is 4.32. The van der Waals surface area contributed by atoms with Crippen LogP contribution in [0.5, 0.6) is 0 Å². The van der Waals surface area contributed by atoms with Crippen molar-refractivity contribution in [3.8, 4) is 0 Å². The largest absolute Gasteiger partial charge is 0.466 e. The maximum absolute atomic E-state index is 12.2. The van der Waals surface area contributed by atoms with Crippen LogP contribution in [0.2, 0.25) is 0 Å². The number of rotatable bonds is 5. The smallest absolute Gasteiger partial charge is 0.310 e. The summed E-state index contributed by atoms with van der Waals surface area (Å²) in [6.45, 7) is 5.68. The number of nitrogens with one attached hydrogen (secondary N) is 1. The molecule has 0 aromatic carbocycles. The molecule has 0 aliphatic carbocycles. The average molecular weight is 319 g/mol. The number of piperidine rings is 1. The fourth-order valence-corrected chi connectivity index (χ4v) is 3.10. The fraction of sp³-hybridized carbons (Fsp3) is 0.867. The van der Waals surface area contributed by atoms with Gasteiger partial charge in [-0.1, -0.05) is 0 Å². The third kappa shape index (κ3) is 5.47. The number of esters is 1. The quantitative estimate of drug-likeness (QED) is 0.782. The molecule has 2 rings (SSSR count). The van der Waals surface area contributed by atoms with E-state index < -0.39 is 0 Å². The zero-order valence-corrected chi connectivity index (χ0v) is 13.6. The van der Waals surface area contributed by atoms with Crippen LogP contribution in [0.15, 0.2) is 0 Å². The van der Waals surface area contributed by atoms with Crippen LogP contribution in [-0.4, -0.2) is 49.6 Å². The second-order valence-corrected chi connectivity index (χ2v) is 5.83. The first-order valence-corrected chi connectivity index (χ1v) is 7.85. The molecular formula is C15H27ClN2O3. The Morgan fingerprint density at radius 1 is 1.33 bits per heavy atom. The van der Waals surface area contributed by atoms with Crippen molar-refractivity contribution in [1.29, 1.82) is 0 Å². The number of carbonyl (C=O) groups excluding carboxylic acids is 2. The van der Waals surface area contributed by atoms with Crippen molar-refractivity contribution in [3.63, 3.8) is 0 Å². The first-order chi connectivity index (χ1) is 9.70. The summed E-state index contributed by atoms with van der Waals surface area (Å²) in [6, 6.07) is 0. The van der Waals surface area contributed by atoms with Crippen molar-refractivity contribution in [3.05, 3.63) is 0 Å². The zero-order valence-electron chi connectivity index (χ0n) is 12.8. The van der Waals surface area contributed by atoms with Gasteiger partial charge in [-0.25, -0.2) is 0 Å². The van der Waals surface area contributed by atoms with E-state index in [0.717, 1.165) is 38.9 Å². The average Bonchev–Trinajstić information content (AvgIpc) is 2.98. The minimum absolute atomic E-state index is 0. The number of halogens is 1. The highest BCUT2D eigenvalue weighted by Gasteiger charge is 2.29. The number of nitrogens with zero attached hydrogens (tertiary/aromatic N) is 1. The van der Waals surface area contributed by atoms with Gasteiger partial charge in [-0.05, 0) is 51.6 Å². The van der Waals surface area contributed by atoms with Crippen LogP contribution in [-0.2, 0) is 14.3 Å². The van der Waals surface area contributed by atoms with Crippen LogP contribution in [0.4, 0.5) is 0 Å². The van der Waals surface area contributed by atoms with Gasteiger partial charge in [-0.3, -0.25) is 9.59 Å². The van der Waals surface area contributed by atoms with Crippen molar-refractivity contribution in [1.82, 2.24) is 10.2 Å². The monoisotopic (exact) mass is 318 g/mol. The molecular weight excluding hydrogens is 292 g/mol. The van der Waals surface area contributed by atoms with Gasteiger partial charge in [0.1, 0.15) is 0 Å². The van der Waals surface area contributed by atoms with Crippen molar-refractivity contribution in [2.24, 2.45) is 11.8 Å². The molecule has 2 unspecified atom stereocenters. The van der Waals surface area contributed by atoms with E-state index >= 15 is 0 Å². The van der Waals surface area contributed by atoms with Crippen LogP contribution in [0, 0.1) is 11.8 Å². The van der Waals surface area contributed by atoms with Crippen LogP contribution >= 0.6 is 12.4 Å². The molecule has 5 nitrogen and oxygen atoms in total. The second-order valence-electron chi connectivity index (χ2n) is 5.83. The lowest BCUT2D eigenvalue weighted by molar-refractivity contribution is -0.151. The van der Waals surface area contributed by atoms with Gasteiger partial charge >= 0.3 is 5.97 Å². The Balaban J connectivity index is 0.00000220.